The highest BCUT2D eigenvalue weighted by Crippen LogP contribution is 2.15. The molecule has 0 saturated heterocycles. The fraction of sp³-hybridized carbons (Fsp3) is 0.538. The molecule has 7 nitrogen and oxygen atoms in total. The lowest BCUT2D eigenvalue weighted by Gasteiger charge is -2.08. The Bertz CT molecular complexity index is 584. The van der Waals surface area contributed by atoms with Gasteiger partial charge in [0.1, 0.15) is 6.33 Å². The highest BCUT2D eigenvalue weighted by Gasteiger charge is 2.16. The second-order valence-corrected chi connectivity index (χ2v) is 5.28. The van der Waals surface area contributed by atoms with E-state index in [4.69, 9.17) is 0 Å². The first-order chi connectivity index (χ1) is 9.47. The molecule has 2 rings (SSSR count). The zero-order chi connectivity index (χ0) is 14.7. The van der Waals surface area contributed by atoms with Crippen molar-refractivity contribution < 1.29 is 4.79 Å². The molecule has 0 aliphatic heterocycles. The fourth-order valence-corrected chi connectivity index (χ4v) is 2.12. The number of amides is 1. The molecule has 0 unspecified atom stereocenters. The average Bonchev–Trinajstić information content (AvgIpc) is 2.93. The van der Waals surface area contributed by atoms with E-state index >= 15 is 0 Å². The average molecular weight is 276 g/mol. The second kappa shape index (κ2) is 5.85. The first-order valence-corrected chi connectivity index (χ1v) is 6.65. The summed E-state index contributed by atoms with van der Waals surface area (Å²) < 4.78 is 1.97. The zero-order valence-electron chi connectivity index (χ0n) is 12.3. The number of H-pyrrole nitrogens is 1. The Labute approximate surface area is 117 Å². The van der Waals surface area contributed by atoms with Crippen molar-refractivity contribution in [2.75, 3.05) is 5.32 Å². The summed E-state index contributed by atoms with van der Waals surface area (Å²) in [4.78, 5) is 15.8. The van der Waals surface area contributed by atoms with Crippen molar-refractivity contribution in [3.63, 3.8) is 0 Å². The van der Waals surface area contributed by atoms with Gasteiger partial charge >= 0.3 is 0 Å². The molecule has 0 atom stereocenters. The van der Waals surface area contributed by atoms with Crippen LogP contribution >= 0.6 is 0 Å². The van der Waals surface area contributed by atoms with Gasteiger partial charge in [0.25, 0.3) is 0 Å². The molecule has 20 heavy (non-hydrogen) atoms. The van der Waals surface area contributed by atoms with Gasteiger partial charge in [0.15, 0.2) is 0 Å². The lowest BCUT2D eigenvalue weighted by Crippen LogP contribution is -2.16. The lowest BCUT2D eigenvalue weighted by molar-refractivity contribution is -0.115. The van der Waals surface area contributed by atoms with Crippen LogP contribution in [0.15, 0.2) is 6.33 Å². The predicted octanol–water partition coefficient (Wildman–Crippen LogP) is 1.46. The Morgan fingerprint density at radius 3 is 2.80 bits per heavy atom. The van der Waals surface area contributed by atoms with Gasteiger partial charge in [-0.15, -0.1) is 0 Å². The number of carbonyl (C=O) groups excluding carboxylic acids is 1. The van der Waals surface area contributed by atoms with E-state index in [1.54, 1.807) is 0 Å². The number of nitrogens with zero attached hydrogens (tertiary/aromatic N) is 4. The third-order valence-corrected chi connectivity index (χ3v) is 3.08. The van der Waals surface area contributed by atoms with Crippen LogP contribution in [0, 0.1) is 19.8 Å². The number of aryl methyl sites for hydroxylation is 1. The molecule has 0 aliphatic carbocycles. The minimum absolute atomic E-state index is 0.128. The van der Waals surface area contributed by atoms with Crippen molar-refractivity contribution in [3.8, 4) is 0 Å². The molecule has 2 aromatic heterocycles. The molecule has 0 saturated carbocycles. The van der Waals surface area contributed by atoms with Gasteiger partial charge in [-0.1, -0.05) is 13.8 Å². The quantitative estimate of drug-likeness (QED) is 0.865. The minimum atomic E-state index is -0.128. The van der Waals surface area contributed by atoms with Crippen molar-refractivity contribution in [3.05, 3.63) is 23.3 Å². The van der Waals surface area contributed by atoms with E-state index < -0.39 is 0 Å². The van der Waals surface area contributed by atoms with E-state index in [-0.39, 0.29) is 12.3 Å². The maximum absolute atomic E-state index is 12.0. The summed E-state index contributed by atoms with van der Waals surface area (Å²) in [7, 11) is 0. The summed E-state index contributed by atoms with van der Waals surface area (Å²) in [5, 5.41) is 13.5. The van der Waals surface area contributed by atoms with E-state index in [9.17, 15) is 4.79 Å². The van der Waals surface area contributed by atoms with Crippen molar-refractivity contribution in [2.24, 2.45) is 5.92 Å². The fourth-order valence-electron chi connectivity index (χ4n) is 2.12. The Balaban J connectivity index is 2.09. The Morgan fingerprint density at radius 1 is 1.45 bits per heavy atom. The third kappa shape index (κ3) is 3.23. The maximum atomic E-state index is 12.0. The van der Waals surface area contributed by atoms with E-state index in [0.29, 0.717) is 11.9 Å². The van der Waals surface area contributed by atoms with Crippen LogP contribution in [0.1, 0.15) is 30.8 Å². The molecule has 0 radical (unpaired) electrons. The second-order valence-electron chi connectivity index (χ2n) is 5.28. The Kier molecular flexibility index (Phi) is 4.16. The number of hydrogen-bond donors (Lipinski definition) is 2. The number of hydrogen-bond acceptors (Lipinski definition) is 4. The molecule has 7 heteroatoms. The highest BCUT2D eigenvalue weighted by molar-refractivity contribution is 5.90. The third-order valence-electron chi connectivity index (χ3n) is 3.08. The Morgan fingerprint density at radius 2 is 2.20 bits per heavy atom. The first-order valence-electron chi connectivity index (χ1n) is 6.65. The van der Waals surface area contributed by atoms with Gasteiger partial charge in [0.05, 0.1) is 12.1 Å². The van der Waals surface area contributed by atoms with E-state index in [2.05, 4.69) is 39.4 Å². The number of anilines is 1. The molecule has 0 fully saturated rings. The SMILES string of the molecule is Cc1nn(CC(C)C)c(C)c1CC(=O)Nc1ncn[nH]1. The number of aromatic amines is 1. The summed E-state index contributed by atoms with van der Waals surface area (Å²) in [5.41, 5.74) is 2.92. The highest BCUT2D eigenvalue weighted by atomic mass is 16.1. The van der Waals surface area contributed by atoms with Crippen LogP contribution < -0.4 is 5.32 Å². The van der Waals surface area contributed by atoms with Gasteiger partial charge < -0.3 is 0 Å². The molecular weight excluding hydrogens is 256 g/mol. The predicted molar refractivity (Wildman–Crippen MR) is 75.3 cm³/mol. The molecule has 2 aromatic rings. The largest absolute Gasteiger partial charge is 0.295 e. The Hall–Kier alpha value is -2.18. The van der Waals surface area contributed by atoms with Crippen molar-refractivity contribution in [1.29, 1.82) is 0 Å². The van der Waals surface area contributed by atoms with E-state index in [1.165, 1.54) is 6.33 Å². The minimum Gasteiger partial charge on any atom is -0.295 e. The molecule has 0 aromatic carbocycles. The molecule has 2 N–H and O–H groups in total. The smallest absolute Gasteiger partial charge is 0.231 e. The molecule has 108 valence electrons. The maximum Gasteiger partial charge on any atom is 0.231 e. The van der Waals surface area contributed by atoms with Crippen LogP contribution in [-0.4, -0.2) is 30.9 Å². The van der Waals surface area contributed by atoms with Gasteiger partial charge in [-0.05, 0) is 19.8 Å². The first kappa shape index (κ1) is 14.2. The lowest BCUT2D eigenvalue weighted by atomic mass is 10.1. The number of aromatic nitrogens is 5. The van der Waals surface area contributed by atoms with Gasteiger partial charge in [0, 0.05) is 17.8 Å². The van der Waals surface area contributed by atoms with Crippen LogP contribution in [0.5, 0.6) is 0 Å². The van der Waals surface area contributed by atoms with Crippen LogP contribution in [0.3, 0.4) is 0 Å². The summed E-state index contributed by atoms with van der Waals surface area (Å²) >= 11 is 0. The normalized spacial score (nSPS) is 11.1. The molecule has 2 heterocycles. The van der Waals surface area contributed by atoms with Crippen LogP contribution in [0.4, 0.5) is 5.95 Å². The summed E-state index contributed by atoms with van der Waals surface area (Å²) in [6.07, 6.45) is 1.64. The zero-order valence-corrected chi connectivity index (χ0v) is 12.3. The van der Waals surface area contributed by atoms with Crippen molar-refractivity contribution >= 4 is 11.9 Å². The summed E-state index contributed by atoms with van der Waals surface area (Å²) in [6.45, 7) is 9.08. The van der Waals surface area contributed by atoms with Gasteiger partial charge in [0.2, 0.25) is 11.9 Å². The van der Waals surface area contributed by atoms with Crippen LogP contribution in [-0.2, 0) is 17.8 Å². The molecule has 0 aliphatic rings. The van der Waals surface area contributed by atoms with Crippen molar-refractivity contribution in [1.82, 2.24) is 25.0 Å². The molecule has 0 bridgehead atoms. The monoisotopic (exact) mass is 276 g/mol. The number of nitrogens with one attached hydrogen (secondary N) is 2. The van der Waals surface area contributed by atoms with Crippen LogP contribution in [0.2, 0.25) is 0 Å². The van der Waals surface area contributed by atoms with Gasteiger partial charge in [-0.2, -0.15) is 15.2 Å². The molecule has 0 spiro atoms. The number of carbonyl (C=O) groups is 1. The molecular formula is C13H20N6O. The number of rotatable bonds is 5. The van der Waals surface area contributed by atoms with E-state index in [0.717, 1.165) is 23.5 Å². The standard InChI is InChI=1S/C13H20N6O/c1-8(2)6-19-10(4)11(9(3)18-19)5-12(20)16-13-14-7-15-17-13/h7-8H,5-6H2,1-4H3,(H2,14,15,16,17,20). The van der Waals surface area contributed by atoms with Gasteiger partial charge in [-0.3, -0.25) is 14.8 Å². The van der Waals surface area contributed by atoms with E-state index in [1.807, 2.05) is 18.5 Å². The van der Waals surface area contributed by atoms with Crippen molar-refractivity contribution in [2.45, 2.75) is 40.7 Å². The topological polar surface area (TPSA) is 88.5 Å². The summed E-state index contributed by atoms with van der Waals surface area (Å²) in [5.74, 6) is 0.751. The molecule has 1 amide bonds. The summed E-state index contributed by atoms with van der Waals surface area (Å²) in [6, 6.07) is 0. The van der Waals surface area contributed by atoms with Gasteiger partial charge in [-0.25, -0.2) is 5.10 Å². The van der Waals surface area contributed by atoms with Crippen LogP contribution in [0.25, 0.3) is 0 Å².